The molecule has 0 unspecified atom stereocenters. The summed E-state index contributed by atoms with van der Waals surface area (Å²) in [6.45, 7) is 0.919. The molecule has 2 nitrogen and oxygen atoms in total. The predicted octanol–water partition coefficient (Wildman–Crippen LogP) is 4.13. The maximum Gasteiger partial charge on any atom is 0.254 e. The summed E-state index contributed by atoms with van der Waals surface area (Å²) in [6, 6.07) is 7.77. The van der Waals surface area contributed by atoms with Crippen LogP contribution in [0.15, 0.2) is 24.3 Å². The van der Waals surface area contributed by atoms with Crippen molar-refractivity contribution in [2.45, 2.75) is 44.6 Å². The average Bonchev–Trinajstić information content (AvgIpc) is 2.47. The minimum absolute atomic E-state index is 0.188. The minimum Gasteiger partial charge on any atom is -0.335 e. The highest BCUT2D eigenvalue weighted by Gasteiger charge is 2.35. The summed E-state index contributed by atoms with van der Waals surface area (Å²) in [5.41, 5.74) is 0.774. The number of fused-ring (bicyclic) bond motifs is 1. The van der Waals surface area contributed by atoms with Crippen molar-refractivity contribution < 1.29 is 4.79 Å². The summed E-state index contributed by atoms with van der Waals surface area (Å²) in [6.07, 6.45) is 7.55. The molecule has 1 aliphatic carbocycles. The smallest absolute Gasteiger partial charge is 0.254 e. The monoisotopic (exact) mass is 277 g/mol. The molecule has 0 bridgehead atoms. The van der Waals surface area contributed by atoms with E-state index in [4.69, 9.17) is 11.6 Å². The third kappa shape index (κ3) is 2.64. The number of amides is 1. The fourth-order valence-electron chi connectivity index (χ4n) is 3.64. The van der Waals surface area contributed by atoms with Gasteiger partial charge < -0.3 is 4.90 Å². The molecule has 102 valence electrons. The molecule has 0 aromatic heterocycles. The van der Waals surface area contributed by atoms with Gasteiger partial charge in [-0.3, -0.25) is 4.79 Å². The molecule has 3 heteroatoms. The van der Waals surface area contributed by atoms with Gasteiger partial charge in [-0.05, 0) is 55.9 Å². The zero-order valence-corrected chi connectivity index (χ0v) is 11.9. The molecule has 1 aromatic carbocycles. The number of hydrogen-bond donors (Lipinski definition) is 0. The van der Waals surface area contributed by atoms with Crippen LogP contribution in [-0.4, -0.2) is 23.4 Å². The van der Waals surface area contributed by atoms with Gasteiger partial charge >= 0.3 is 0 Å². The molecule has 3 rings (SSSR count). The van der Waals surface area contributed by atoms with Crippen LogP contribution in [0, 0.1) is 5.92 Å². The number of likely N-dealkylation sites (tertiary alicyclic amines) is 1. The van der Waals surface area contributed by atoms with Crippen molar-refractivity contribution in [3.05, 3.63) is 34.9 Å². The first-order chi connectivity index (χ1) is 9.25. The van der Waals surface area contributed by atoms with Crippen LogP contribution < -0.4 is 0 Å². The highest BCUT2D eigenvalue weighted by atomic mass is 35.5. The summed E-state index contributed by atoms with van der Waals surface area (Å²) in [5, 5.41) is 0.686. The molecule has 0 N–H and O–H groups in total. The van der Waals surface area contributed by atoms with Crippen LogP contribution in [0.4, 0.5) is 0 Å². The van der Waals surface area contributed by atoms with Gasteiger partial charge in [0.2, 0.25) is 0 Å². The van der Waals surface area contributed by atoms with Crippen molar-refractivity contribution in [3.63, 3.8) is 0 Å². The maximum absolute atomic E-state index is 12.6. The summed E-state index contributed by atoms with van der Waals surface area (Å²) in [4.78, 5) is 14.8. The fraction of sp³-hybridized carbons (Fsp3) is 0.562. The fourth-order valence-corrected chi connectivity index (χ4v) is 3.76. The third-order valence-corrected chi connectivity index (χ3v) is 4.85. The van der Waals surface area contributed by atoms with Gasteiger partial charge in [-0.2, -0.15) is 0 Å². The van der Waals surface area contributed by atoms with Crippen molar-refractivity contribution >= 4 is 17.5 Å². The molecule has 1 saturated heterocycles. The molecule has 0 radical (unpaired) electrons. The van der Waals surface area contributed by atoms with Gasteiger partial charge in [0.1, 0.15) is 0 Å². The largest absolute Gasteiger partial charge is 0.335 e. The van der Waals surface area contributed by atoms with E-state index in [0.29, 0.717) is 11.1 Å². The zero-order valence-electron chi connectivity index (χ0n) is 11.1. The molecular weight excluding hydrogens is 258 g/mol. The Labute approximate surface area is 119 Å². The Bertz CT molecular complexity index is 454. The average molecular weight is 278 g/mol. The first kappa shape index (κ1) is 13.0. The van der Waals surface area contributed by atoms with E-state index in [2.05, 4.69) is 4.90 Å². The van der Waals surface area contributed by atoms with Crippen LogP contribution >= 0.6 is 11.6 Å². The second-order valence-corrected chi connectivity index (χ2v) is 6.20. The van der Waals surface area contributed by atoms with E-state index in [1.165, 1.54) is 32.1 Å². The molecule has 2 aliphatic rings. The molecule has 1 heterocycles. The van der Waals surface area contributed by atoms with E-state index in [-0.39, 0.29) is 5.91 Å². The van der Waals surface area contributed by atoms with Crippen molar-refractivity contribution in [1.82, 2.24) is 4.90 Å². The Morgan fingerprint density at radius 3 is 2.53 bits per heavy atom. The highest BCUT2D eigenvalue weighted by molar-refractivity contribution is 6.30. The van der Waals surface area contributed by atoms with Gasteiger partial charge in [0.25, 0.3) is 5.91 Å². The molecular formula is C16H20ClNO. The Hall–Kier alpha value is -1.02. The molecule has 1 aromatic rings. The predicted molar refractivity (Wildman–Crippen MR) is 77.5 cm³/mol. The van der Waals surface area contributed by atoms with Crippen LogP contribution in [-0.2, 0) is 0 Å². The van der Waals surface area contributed by atoms with Crippen LogP contribution in [0.25, 0.3) is 0 Å². The van der Waals surface area contributed by atoms with E-state index in [0.717, 1.165) is 24.4 Å². The van der Waals surface area contributed by atoms with E-state index >= 15 is 0 Å². The number of carbonyl (C=O) groups is 1. The van der Waals surface area contributed by atoms with E-state index in [9.17, 15) is 4.79 Å². The number of carbonyl (C=O) groups excluding carboxylic acids is 1. The number of halogens is 1. The Morgan fingerprint density at radius 2 is 1.74 bits per heavy atom. The highest BCUT2D eigenvalue weighted by Crippen LogP contribution is 2.35. The van der Waals surface area contributed by atoms with Crippen LogP contribution in [0.5, 0.6) is 0 Å². The minimum atomic E-state index is 0.188. The van der Waals surface area contributed by atoms with Crippen LogP contribution in [0.2, 0.25) is 5.02 Å². The third-order valence-electron chi connectivity index (χ3n) is 4.60. The molecule has 2 fully saturated rings. The summed E-state index contributed by atoms with van der Waals surface area (Å²) < 4.78 is 0. The quantitative estimate of drug-likeness (QED) is 0.756. The molecule has 1 amide bonds. The number of benzene rings is 1. The second kappa shape index (κ2) is 5.54. The summed E-state index contributed by atoms with van der Waals surface area (Å²) in [7, 11) is 0. The van der Waals surface area contributed by atoms with Gasteiger partial charge in [-0.15, -0.1) is 0 Å². The normalized spacial score (nSPS) is 26.9. The Kier molecular flexibility index (Phi) is 3.79. The lowest BCUT2D eigenvalue weighted by Crippen LogP contribution is -2.49. The number of nitrogens with zero attached hydrogens (tertiary/aromatic N) is 1. The SMILES string of the molecule is O=C(c1ccc(Cl)cc1)N1CCC[C@@H]2CCCC[C@@H]21. The van der Waals surface area contributed by atoms with Crippen molar-refractivity contribution in [3.8, 4) is 0 Å². The molecule has 0 spiro atoms. The molecule has 1 saturated carbocycles. The second-order valence-electron chi connectivity index (χ2n) is 5.76. The molecule has 1 aliphatic heterocycles. The first-order valence-electron chi connectivity index (χ1n) is 7.32. The van der Waals surface area contributed by atoms with Gasteiger partial charge in [0.15, 0.2) is 0 Å². The van der Waals surface area contributed by atoms with Crippen molar-refractivity contribution in [2.24, 2.45) is 5.92 Å². The Morgan fingerprint density at radius 1 is 1.05 bits per heavy atom. The summed E-state index contributed by atoms with van der Waals surface area (Å²) >= 11 is 5.89. The van der Waals surface area contributed by atoms with E-state index in [1.54, 1.807) is 12.1 Å². The van der Waals surface area contributed by atoms with Gasteiger partial charge in [-0.25, -0.2) is 0 Å². The van der Waals surface area contributed by atoms with Crippen molar-refractivity contribution in [2.75, 3.05) is 6.54 Å². The molecule has 2 atom stereocenters. The summed E-state index contributed by atoms with van der Waals surface area (Å²) in [5.74, 6) is 0.923. The Balaban J connectivity index is 1.79. The number of rotatable bonds is 1. The zero-order chi connectivity index (χ0) is 13.2. The van der Waals surface area contributed by atoms with Gasteiger partial charge in [0.05, 0.1) is 0 Å². The van der Waals surface area contributed by atoms with E-state index in [1.807, 2.05) is 12.1 Å². The molecule has 19 heavy (non-hydrogen) atoms. The standard InChI is InChI=1S/C16H20ClNO/c17-14-9-7-13(8-10-14)16(19)18-11-3-5-12-4-1-2-6-15(12)18/h7-10,12,15H,1-6,11H2/t12-,15-/m0/s1. The van der Waals surface area contributed by atoms with Crippen LogP contribution in [0.1, 0.15) is 48.9 Å². The van der Waals surface area contributed by atoms with Crippen molar-refractivity contribution in [1.29, 1.82) is 0 Å². The first-order valence-corrected chi connectivity index (χ1v) is 7.70. The lowest BCUT2D eigenvalue weighted by molar-refractivity contribution is 0.0390. The number of piperidine rings is 1. The van der Waals surface area contributed by atoms with Gasteiger partial charge in [0, 0.05) is 23.2 Å². The maximum atomic E-state index is 12.6. The van der Waals surface area contributed by atoms with Crippen LogP contribution in [0.3, 0.4) is 0 Å². The lowest BCUT2D eigenvalue weighted by atomic mass is 9.78. The van der Waals surface area contributed by atoms with E-state index < -0.39 is 0 Å². The van der Waals surface area contributed by atoms with Gasteiger partial charge in [-0.1, -0.05) is 24.4 Å². The topological polar surface area (TPSA) is 20.3 Å². The lowest BCUT2D eigenvalue weighted by Gasteiger charge is -2.44. The number of hydrogen-bond acceptors (Lipinski definition) is 1.